The normalized spacial score (nSPS) is 10.9. The summed E-state index contributed by atoms with van der Waals surface area (Å²) in [7, 11) is 3.87. The molecule has 0 bridgehead atoms. The zero-order chi connectivity index (χ0) is 10.4. The van der Waals surface area contributed by atoms with Crippen molar-refractivity contribution in [2.45, 2.75) is 6.54 Å². The third-order valence-electron chi connectivity index (χ3n) is 1.94. The van der Waals surface area contributed by atoms with Crippen LogP contribution in [0.15, 0.2) is 12.1 Å². The van der Waals surface area contributed by atoms with Gasteiger partial charge >= 0.3 is 0 Å². The molecular weight excluding hydrogens is 214 g/mol. The number of thiophene rings is 1. The Morgan fingerprint density at radius 3 is 2.86 bits per heavy atom. The highest BCUT2D eigenvalue weighted by Crippen LogP contribution is 2.24. The van der Waals surface area contributed by atoms with Crippen LogP contribution >= 0.6 is 23.1 Å². The van der Waals surface area contributed by atoms with E-state index < -0.39 is 0 Å². The predicted molar refractivity (Wildman–Crippen MR) is 65.6 cm³/mol. The molecule has 0 aliphatic carbocycles. The summed E-state index contributed by atoms with van der Waals surface area (Å²) in [5, 5.41) is 0.998. The van der Waals surface area contributed by atoms with Crippen molar-refractivity contribution in [3.8, 4) is 5.06 Å². The second-order valence-corrected chi connectivity index (χ2v) is 5.27. The lowest BCUT2D eigenvalue weighted by Crippen LogP contribution is -2.19. The Hall–Kier alpha value is -0.190. The fourth-order valence-corrected chi connectivity index (χ4v) is 2.54. The predicted octanol–water partition coefficient (Wildman–Crippen LogP) is 2.55. The average molecular weight is 231 g/mol. The lowest BCUT2D eigenvalue weighted by atomic mass is 10.4. The van der Waals surface area contributed by atoms with Crippen LogP contribution in [0.5, 0.6) is 5.06 Å². The minimum Gasteiger partial charge on any atom is -0.487 e. The highest BCUT2D eigenvalue weighted by atomic mass is 32.2. The van der Waals surface area contributed by atoms with E-state index in [1.807, 2.05) is 17.8 Å². The van der Waals surface area contributed by atoms with Gasteiger partial charge in [0.1, 0.15) is 0 Å². The molecule has 2 nitrogen and oxygen atoms in total. The van der Waals surface area contributed by atoms with Crippen LogP contribution in [0.3, 0.4) is 0 Å². The SMILES string of the molecule is COc1ccc(CN(C)CCSC)s1. The van der Waals surface area contributed by atoms with Gasteiger partial charge in [0.2, 0.25) is 0 Å². The van der Waals surface area contributed by atoms with Crippen molar-refractivity contribution < 1.29 is 4.74 Å². The molecular formula is C10H17NOS2. The average Bonchev–Trinajstić information content (AvgIpc) is 2.62. The Labute approximate surface area is 94.3 Å². The quantitative estimate of drug-likeness (QED) is 0.746. The van der Waals surface area contributed by atoms with Gasteiger partial charge in [0.25, 0.3) is 0 Å². The molecule has 0 aromatic carbocycles. The third-order valence-corrected chi connectivity index (χ3v) is 3.56. The van der Waals surface area contributed by atoms with E-state index in [0.717, 1.165) is 18.2 Å². The van der Waals surface area contributed by atoms with Gasteiger partial charge in [-0.2, -0.15) is 11.8 Å². The summed E-state index contributed by atoms with van der Waals surface area (Å²) in [5.41, 5.74) is 0. The van der Waals surface area contributed by atoms with Gasteiger partial charge in [-0.3, -0.25) is 0 Å². The molecule has 0 radical (unpaired) electrons. The van der Waals surface area contributed by atoms with E-state index in [1.165, 1.54) is 10.6 Å². The van der Waals surface area contributed by atoms with E-state index in [2.05, 4.69) is 24.3 Å². The van der Waals surface area contributed by atoms with Crippen LogP contribution in [-0.4, -0.2) is 37.6 Å². The molecule has 0 spiro atoms. The minimum absolute atomic E-state index is 0.998. The molecule has 1 heterocycles. The molecule has 0 amide bonds. The fourth-order valence-electron chi connectivity index (χ4n) is 1.15. The Bertz CT molecular complexity index is 262. The van der Waals surface area contributed by atoms with Crippen LogP contribution < -0.4 is 4.74 Å². The van der Waals surface area contributed by atoms with Crippen LogP contribution in [-0.2, 0) is 6.54 Å². The van der Waals surface area contributed by atoms with Crippen molar-refractivity contribution in [1.82, 2.24) is 4.90 Å². The van der Waals surface area contributed by atoms with Gasteiger partial charge < -0.3 is 9.64 Å². The first-order valence-electron chi connectivity index (χ1n) is 4.56. The van der Waals surface area contributed by atoms with Gasteiger partial charge in [-0.1, -0.05) is 0 Å². The maximum atomic E-state index is 5.15. The molecule has 0 saturated heterocycles. The minimum atomic E-state index is 0.998. The summed E-state index contributed by atoms with van der Waals surface area (Å²) in [6.07, 6.45) is 2.14. The molecule has 0 saturated carbocycles. The molecule has 0 atom stereocenters. The van der Waals surface area contributed by atoms with Crippen molar-refractivity contribution in [3.05, 3.63) is 17.0 Å². The van der Waals surface area contributed by atoms with Crippen LogP contribution in [0.1, 0.15) is 4.88 Å². The summed E-state index contributed by atoms with van der Waals surface area (Å²) in [5.74, 6) is 1.19. The molecule has 80 valence electrons. The molecule has 1 aromatic heterocycles. The van der Waals surface area contributed by atoms with E-state index in [4.69, 9.17) is 4.74 Å². The summed E-state index contributed by atoms with van der Waals surface area (Å²) in [6, 6.07) is 4.17. The summed E-state index contributed by atoms with van der Waals surface area (Å²) >= 11 is 3.61. The van der Waals surface area contributed by atoms with Crippen LogP contribution in [0.4, 0.5) is 0 Å². The lowest BCUT2D eigenvalue weighted by Gasteiger charge is -2.14. The molecule has 4 heteroatoms. The standard InChI is InChI=1S/C10H17NOS2/c1-11(6-7-13-3)8-9-4-5-10(12-2)14-9/h4-5H,6-8H2,1-3H3. The molecule has 1 rings (SSSR count). The number of nitrogens with zero attached hydrogens (tertiary/aromatic N) is 1. The topological polar surface area (TPSA) is 12.5 Å². The molecule has 0 N–H and O–H groups in total. The Kier molecular flexibility index (Phi) is 5.37. The number of rotatable bonds is 6. The molecule has 0 fully saturated rings. The van der Waals surface area contributed by atoms with Crippen molar-refractivity contribution in [2.24, 2.45) is 0 Å². The molecule has 14 heavy (non-hydrogen) atoms. The number of ether oxygens (including phenoxy) is 1. The number of methoxy groups -OCH3 is 1. The van der Waals surface area contributed by atoms with Crippen LogP contribution in [0, 0.1) is 0 Å². The largest absolute Gasteiger partial charge is 0.487 e. The Balaban J connectivity index is 2.35. The van der Waals surface area contributed by atoms with Crippen molar-refractivity contribution in [2.75, 3.05) is 32.7 Å². The second-order valence-electron chi connectivity index (χ2n) is 3.16. The zero-order valence-electron chi connectivity index (χ0n) is 8.95. The zero-order valence-corrected chi connectivity index (χ0v) is 10.6. The summed E-state index contributed by atoms with van der Waals surface area (Å²) in [6.45, 7) is 2.16. The van der Waals surface area contributed by atoms with E-state index >= 15 is 0 Å². The number of thioether (sulfide) groups is 1. The van der Waals surface area contributed by atoms with Gasteiger partial charge in [0, 0.05) is 23.7 Å². The number of hydrogen-bond donors (Lipinski definition) is 0. The van der Waals surface area contributed by atoms with Crippen LogP contribution in [0.25, 0.3) is 0 Å². The number of hydrogen-bond acceptors (Lipinski definition) is 4. The highest BCUT2D eigenvalue weighted by Gasteiger charge is 2.03. The van der Waals surface area contributed by atoms with E-state index in [0.29, 0.717) is 0 Å². The first-order chi connectivity index (χ1) is 6.76. The smallest absolute Gasteiger partial charge is 0.173 e. The monoisotopic (exact) mass is 231 g/mol. The van der Waals surface area contributed by atoms with Gasteiger partial charge in [0.15, 0.2) is 5.06 Å². The molecule has 0 aliphatic heterocycles. The van der Waals surface area contributed by atoms with Gasteiger partial charge in [-0.25, -0.2) is 0 Å². The van der Waals surface area contributed by atoms with Gasteiger partial charge in [-0.05, 0) is 25.4 Å². The van der Waals surface area contributed by atoms with Crippen molar-refractivity contribution in [1.29, 1.82) is 0 Å². The molecule has 0 aliphatic rings. The Morgan fingerprint density at radius 2 is 2.29 bits per heavy atom. The van der Waals surface area contributed by atoms with Gasteiger partial charge in [0.05, 0.1) is 7.11 Å². The van der Waals surface area contributed by atoms with Crippen molar-refractivity contribution >= 4 is 23.1 Å². The Morgan fingerprint density at radius 1 is 1.50 bits per heavy atom. The van der Waals surface area contributed by atoms with E-state index in [9.17, 15) is 0 Å². The fraction of sp³-hybridized carbons (Fsp3) is 0.600. The van der Waals surface area contributed by atoms with E-state index in [-0.39, 0.29) is 0 Å². The van der Waals surface area contributed by atoms with Crippen molar-refractivity contribution in [3.63, 3.8) is 0 Å². The lowest BCUT2D eigenvalue weighted by molar-refractivity contribution is 0.352. The maximum Gasteiger partial charge on any atom is 0.173 e. The maximum absolute atomic E-state index is 5.15. The first kappa shape index (κ1) is 11.9. The second kappa shape index (κ2) is 6.32. The van der Waals surface area contributed by atoms with Gasteiger partial charge in [-0.15, -0.1) is 11.3 Å². The van der Waals surface area contributed by atoms with Crippen LogP contribution in [0.2, 0.25) is 0 Å². The molecule has 1 aromatic rings. The highest BCUT2D eigenvalue weighted by molar-refractivity contribution is 7.98. The van der Waals surface area contributed by atoms with E-state index in [1.54, 1.807) is 18.4 Å². The summed E-state index contributed by atoms with van der Waals surface area (Å²) in [4.78, 5) is 3.70. The molecule has 0 unspecified atom stereocenters. The summed E-state index contributed by atoms with van der Waals surface area (Å²) < 4.78 is 5.15. The first-order valence-corrected chi connectivity index (χ1v) is 6.77. The third kappa shape index (κ3) is 3.90.